The number of nitrogens with one attached hydrogen (secondary N) is 2. The molecule has 0 radical (unpaired) electrons. The molecule has 10 heteroatoms. The van der Waals surface area contributed by atoms with E-state index in [2.05, 4.69) is 10.0 Å². The third kappa shape index (κ3) is 3.51. The summed E-state index contributed by atoms with van der Waals surface area (Å²) in [6.45, 7) is 1.83. The molecule has 142 valence electrons. The van der Waals surface area contributed by atoms with E-state index in [4.69, 9.17) is 5.11 Å². The van der Waals surface area contributed by atoms with Crippen molar-refractivity contribution in [2.45, 2.75) is 18.4 Å². The number of amides is 2. The van der Waals surface area contributed by atoms with Crippen molar-refractivity contribution in [1.29, 1.82) is 0 Å². The third-order valence-corrected chi connectivity index (χ3v) is 5.49. The van der Waals surface area contributed by atoms with Crippen LogP contribution in [0.3, 0.4) is 0 Å². The summed E-state index contributed by atoms with van der Waals surface area (Å²) in [5.74, 6) is -2.26. The fraction of sp³-hybridized carbons (Fsp3) is 0.176. The van der Waals surface area contributed by atoms with Gasteiger partial charge in [-0.05, 0) is 48.4 Å². The molecule has 0 spiro atoms. The number of aromatic hydroxyl groups is 1. The number of carboxylic acids is 1. The molecule has 0 unspecified atom stereocenters. The average molecular weight is 391 g/mol. The molecule has 0 saturated carbocycles. The molecule has 0 aliphatic carbocycles. The lowest BCUT2D eigenvalue weighted by atomic mass is 10.1. The molecule has 2 aromatic rings. The fourth-order valence-electron chi connectivity index (χ4n) is 2.77. The van der Waals surface area contributed by atoms with Crippen molar-refractivity contribution in [3.63, 3.8) is 0 Å². The first-order valence-electron chi connectivity index (χ1n) is 7.83. The van der Waals surface area contributed by atoms with E-state index in [1.807, 2.05) is 0 Å². The summed E-state index contributed by atoms with van der Waals surface area (Å²) in [5.41, 5.74) is 1.38. The van der Waals surface area contributed by atoms with Crippen molar-refractivity contribution in [2.75, 3.05) is 17.1 Å². The summed E-state index contributed by atoms with van der Waals surface area (Å²) in [6, 6.07) is 6.71. The van der Waals surface area contributed by atoms with Crippen LogP contribution in [0.25, 0.3) is 0 Å². The third-order valence-electron chi connectivity index (χ3n) is 4.09. The van der Waals surface area contributed by atoms with Gasteiger partial charge in [-0.2, -0.15) is 0 Å². The zero-order valence-corrected chi connectivity index (χ0v) is 15.3. The molecule has 4 N–H and O–H groups in total. The van der Waals surface area contributed by atoms with Gasteiger partial charge in [0.1, 0.15) is 10.5 Å². The van der Waals surface area contributed by atoms with Crippen LogP contribution in [-0.2, 0) is 16.6 Å². The van der Waals surface area contributed by atoms with E-state index in [0.717, 1.165) is 0 Å². The van der Waals surface area contributed by atoms with Gasteiger partial charge >= 0.3 is 12.0 Å². The number of carbonyl (C=O) groups excluding carboxylic acids is 1. The lowest BCUT2D eigenvalue weighted by molar-refractivity contribution is 0.0693. The van der Waals surface area contributed by atoms with Crippen molar-refractivity contribution in [2.24, 2.45) is 0 Å². The molecule has 0 atom stereocenters. The van der Waals surface area contributed by atoms with Crippen LogP contribution in [0.1, 0.15) is 21.5 Å². The number of aryl methyl sites for hydroxylation is 1. The maximum Gasteiger partial charge on any atom is 0.339 e. The van der Waals surface area contributed by atoms with Gasteiger partial charge in [0.2, 0.25) is 0 Å². The highest BCUT2D eigenvalue weighted by Gasteiger charge is 2.25. The highest BCUT2D eigenvalue weighted by Crippen LogP contribution is 2.31. The number of hydrogen-bond donors (Lipinski definition) is 4. The van der Waals surface area contributed by atoms with Gasteiger partial charge in [-0.15, -0.1) is 0 Å². The highest BCUT2D eigenvalue weighted by molar-refractivity contribution is 7.92. The van der Waals surface area contributed by atoms with Crippen molar-refractivity contribution in [3.8, 4) is 5.75 Å². The molecule has 2 aromatic carbocycles. The second kappa shape index (κ2) is 6.47. The van der Waals surface area contributed by atoms with E-state index in [1.165, 1.54) is 30.0 Å². The van der Waals surface area contributed by atoms with Gasteiger partial charge in [0.05, 0.1) is 0 Å². The number of carboxylic acid groups (broad SMARTS) is 1. The van der Waals surface area contributed by atoms with Crippen LogP contribution in [-0.4, -0.2) is 42.6 Å². The van der Waals surface area contributed by atoms with Crippen molar-refractivity contribution in [1.82, 2.24) is 4.90 Å². The number of aromatic carboxylic acids is 1. The summed E-state index contributed by atoms with van der Waals surface area (Å²) < 4.78 is 27.7. The predicted octanol–water partition coefficient (Wildman–Crippen LogP) is 2.18. The summed E-state index contributed by atoms with van der Waals surface area (Å²) in [7, 11) is -2.63. The zero-order valence-electron chi connectivity index (χ0n) is 14.5. The molecule has 3 rings (SSSR count). The van der Waals surface area contributed by atoms with Crippen LogP contribution in [0.15, 0.2) is 35.2 Å². The maximum absolute atomic E-state index is 12.7. The molecule has 0 saturated heterocycles. The van der Waals surface area contributed by atoms with Gasteiger partial charge in [0.25, 0.3) is 10.0 Å². The second-order valence-electron chi connectivity index (χ2n) is 6.23. The number of hydrogen-bond acceptors (Lipinski definition) is 5. The van der Waals surface area contributed by atoms with Crippen LogP contribution in [0.5, 0.6) is 5.75 Å². The Morgan fingerprint density at radius 1 is 1.26 bits per heavy atom. The minimum absolute atomic E-state index is 0.219. The van der Waals surface area contributed by atoms with Crippen LogP contribution in [0, 0.1) is 6.92 Å². The van der Waals surface area contributed by atoms with Gasteiger partial charge in [-0.3, -0.25) is 4.72 Å². The Hall–Kier alpha value is -3.27. The van der Waals surface area contributed by atoms with Crippen LogP contribution < -0.4 is 10.0 Å². The molecule has 0 fully saturated rings. The Labute approximate surface area is 155 Å². The molecular weight excluding hydrogens is 374 g/mol. The predicted molar refractivity (Wildman–Crippen MR) is 97.5 cm³/mol. The Morgan fingerprint density at radius 2 is 1.96 bits per heavy atom. The first-order valence-corrected chi connectivity index (χ1v) is 9.31. The van der Waals surface area contributed by atoms with E-state index in [0.29, 0.717) is 23.4 Å². The van der Waals surface area contributed by atoms with E-state index < -0.39 is 32.2 Å². The molecular formula is C17H17N3O6S. The largest absolute Gasteiger partial charge is 0.506 e. The lowest BCUT2D eigenvalue weighted by Crippen LogP contribution is -2.35. The standard InChI is InChI=1S/C17H17N3O6S/c1-9-5-12(16(22)23)15(21)14(6-9)27(25,26)19-11-3-4-13-10(7-11)8-20(2)17(24)18-13/h3-7,19,21H,8H2,1-2H3,(H,18,24)(H,22,23). The topological polar surface area (TPSA) is 136 Å². The first kappa shape index (κ1) is 18.5. The molecule has 1 heterocycles. The summed E-state index contributed by atoms with van der Waals surface area (Å²) >= 11 is 0. The minimum Gasteiger partial charge on any atom is -0.506 e. The Kier molecular flexibility index (Phi) is 4.44. The van der Waals surface area contributed by atoms with Crippen molar-refractivity contribution in [3.05, 3.63) is 47.0 Å². The molecule has 0 aromatic heterocycles. The van der Waals surface area contributed by atoms with Gasteiger partial charge in [-0.1, -0.05) is 0 Å². The smallest absolute Gasteiger partial charge is 0.339 e. The number of benzene rings is 2. The fourth-order valence-corrected chi connectivity index (χ4v) is 4.02. The zero-order chi connectivity index (χ0) is 19.9. The van der Waals surface area contributed by atoms with Crippen LogP contribution in [0.4, 0.5) is 16.2 Å². The summed E-state index contributed by atoms with van der Waals surface area (Å²) in [4.78, 5) is 23.8. The van der Waals surface area contributed by atoms with E-state index in [1.54, 1.807) is 19.2 Å². The van der Waals surface area contributed by atoms with Crippen LogP contribution in [0.2, 0.25) is 0 Å². The normalized spacial score (nSPS) is 13.7. The SMILES string of the molecule is Cc1cc(C(=O)O)c(O)c(S(=O)(=O)Nc2ccc3c(c2)CN(C)C(=O)N3)c1. The molecule has 1 aliphatic rings. The van der Waals surface area contributed by atoms with E-state index >= 15 is 0 Å². The summed E-state index contributed by atoms with van der Waals surface area (Å²) in [6.07, 6.45) is 0. The number of phenols is 1. The number of carbonyl (C=O) groups is 2. The minimum atomic E-state index is -4.24. The van der Waals surface area contributed by atoms with Gasteiger partial charge in [0.15, 0.2) is 5.75 Å². The Morgan fingerprint density at radius 3 is 2.63 bits per heavy atom. The molecule has 27 heavy (non-hydrogen) atoms. The monoisotopic (exact) mass is 391 g/mol. The van der Waals surface area contributed by atoms with Gasteiger partial charge in [0, 0.05) is 25.0 Å². The van der Waals surface area contributed by atoms with Gasteiger partial charge in [-0.25, -0.2) is 18.0 Å². The second-order valence-corrected chi connectivity index (χ2v) is 7.88. The number of urea groups is 1. The average Bonchev–Trinajstić information content (AvgIpc) is 2.57. The Bertz CT molecular complexity index is 1060. The van der Waals surface area contributed by atoms with E-state index in [9.17, 15) is 23.1 Å². The molecule has 9 nitrogen and oxygen atoms in total. The molecule has 1 aliphatic heterocycles. The number of fused-ring (bicyclic) bond motifs is 1. The Balaban J connectivity index is 1.98. The number of rotatable bonds is 4. The van der Waals surface area contributed by atoms with E-state index in [-0.39, 0.29) is 11.7 Å². The highest BCUT2D eigenvalue weighted by atomic mass is 32.2. The number of anilines is 2. The molecule has 2 amide bonds. The number of sulfonamides is 1. The van der Waals surface area contributed by atoms with Gasteiger partial charge < -0.3 is 20.4 Å². The number of nitrogens with zero attached hydrogens (tertiary/aromatic N) is 1. The lowest BCUT2D eigenvalue weighted by Gasteiger charge is -2.26. The quantitative estimate of drug-likeness (QED) is 0.631. The van der Waals surface area contributed by atoms with Crippen molar-refractivity contribution >= 4 is 33.4 Å². The first-order chi connectivity index (χ1) is 12.6. The molecule has 0 bridgehead atoms. The van der Waals surface area contributed by atoms with Crippen molar-refractivity contribution < 1.29 is 28.2 Å². The maximum atomic E-state index is 12.7. The van der Waals surface area contributed by atoms with Crippen LogP contribution >= 0.6 is 0 Å². The summed E-state index contributed by atoms with van der Waals surface area (Å²) in [5, 5.41) is 21.9.